The first-order valence-electron chi connectivity index (χ1n) is 8.69. The van der Waals surface area contributed by atoms with Crippen LogP contribution in [0.2, 0.25) is 0 Å². The third-order valence-corrected chi connectivity index (χ3v) is 4.83. The van der Waals surface area contributed by atoms with E-state index in [1.54, 1.807) is 16.8 Å². The number of hydrogen-bond acceptors (Lipinski definition) is 6. The topological polar surface area (TPSA) is 104 Å². The molecular formula is C19H15N7O2. The van der Waals surface area contributed by atoms with E-state index in [1.165, 1.54) is 12.4 Å². The molecule has 138 valence electrons. The van der Waals surface area contributed by atoms with Gasteiger partial charge in [0, 0.05) is 17.7 Å². The lowest BCUT2D eigenvalue weighted by molar-refractivity contribution is -0.384. The zero-order valence-corrected chi connectivity index (χ0v) is 14.9. The van der Waals surface area contributed by atoms with E-state index >= 15 is 0 Å². The van der Waals surface area contributed by atoms with Gasteiger partial charge < -0.3 is 5.32 Å². The third-order valence-electron chi connectivity index (χ3n) is 4.83. The molecule has 1 aliphatic rings. The summed E-state index contributed by atoms with van der Waals surface area (Å²) < 4.78 is 3.55. The normalized spacial score (nSPS) is 14.8. The maximum atomic E-state index is 11.3. The van der Waals surface area contributed by atoms with E-state index in [1.807, 2.05) is 48.0 Å². The van der Waals surface area contributed by atoms with Crippen molar-refractivity contribution in [3.05, 3.63) is 87.9 Å². The lowest BCUT2D eigenvalue weighted by Crippen LogP contribution is -2.23. The number of nitrogens with zero attached hydrogens (tertiary/aromatic N) is 6. The lowest BCUT2D eigenvalue weighted by Gasteiger charge is -2.26. The van der Waals surface area contributed by atoms with Crippen molar-refractivity contribution >= 4 is 17.5 Å². The summed E-state index contributed by atoms with van der Waals surface area (Å²) in [5, 5.41) is 23.6. The highest BCUT2D eigenvalue weighted by atomic mass is 16.6. The van der Waals surface area contributed by atoms with E-state index in [4.69, 9.17) is 5.10 Å². The van der Waals surface area contributed by atoms with Gasteiger partial charge >= 0.3 is 0 Å². The Morgan fingerprint density at radius 2 is 1.96 bits per heavy atom. The van der Waals surface area contributed by atoms with Crippen LogP contribution < -0.4 is 5.32 Å². The summed E-state index contributed by atoms with van der Waals surface area (Å²) in [5.74, 6) is 1.33. The first-order valence-corrected chi connectivity index (χ1v) is 8.69. The summed E-state index contributed by atoms with van der Waals surface area (Å²) in [4.78, 5) is 15.2. The van der Waals surface area contributed by atoms with Gasteiger partial charge in [-0.3, -0.25) is 10.1 Å². The van der Waals surface area contributed by atoms with E-state index in [9.17, 15) is 10.1 Å². The third kappa shape index (κ3) is 2.37. The minimum Gasteiger partial charge on any atom is -0.309 e. The molecule has 1 aliphatic heterocycles. The smallest absolute Gasteiger partial charge is 0.269 e. The quantitative estimate of drug-likeness (QED) is 0.384. The molecule has 0 amide bonds. The van der Waals surface area contributed by atoms with E-state index in [0.29, 0.717) is 5.95 Å². The standard InChI is InChI=1S/C19H15N7O2/c1-12-16-17(13-6-5-9-15(10-13)26(27)28)25-19(20-11-21-25)22-18(16)24(23-12)14-7-3-2-4-8-14/h2-11,17H,1H3,(H,20,21,22). The molecule has 2 aromatic heterocycles. The van der Waals surface area contributed by atoms with Crippen LogP contribution in [0.5, 0.6) is 0 Å². The first kappa shape index (κ1) is 16.2. The van der Waals surface area contributed by atoms with Crippen LogP contribution in [0.25, 0.3) is 5.69 Å². The van der Waals surface area contributed by atoms with Crippen molar-refractivity contribution in [1.82, 2.24) is 24.5 Å². The molecule has 9 heteroatoms. The number of aromatic nitrogens is 5. The minimum atomic E-state index is -0.395. The second-order valence-corrected chi connectivity index (χ2v) is 6.50. The van der Waals surface area contributed by atoms with Gasteiger partial charge in [-0.1, -0.05) is 30.3 Å². The monoisotopic (exact) mass is 373 g/mol. The Kier molecular flexibility index (Phi) is 3.48. The zero-order chi connectivity index (χ0) is 19.3. The van der Waals surface area contributed by atoms with Crippen LogP contribution in [0.15, 0.2) is 60.9 Å². The average molecular weight is 373 g/mol. The molecule has 0 saturated heterocycles. The molecule has 1 unspecified atom stereocenters. The summed E-state index contributed by atoms with van der Waals surface area (Å²) in [6.45, 7) is 1.92. The highest BCUT2D eigenvalue weighted by Gasteiger charge is 2.34. The van der Waals surface area contributed by atoms with Gasteiger partial charge in [0.05, 0.1) is 16.3 Å². The summed E-state index contributed by atoms with van der Waals surface area (Å²) in [6, 6.07) is 16.0. The minimum absolute atomic E-state index is 0.0346. The Balaban J connectivity index is 1.74. The van der Waals surface area contributed by atoms with Crippen LogP contribution in [0.1, 0.15) is 22.9 Å². The van der Waals surface area contributed by atoms with Gasteiger partial charge in [-0.25, -0.2) is 9.36 Å². The Labute approximate surface area is 159 Å². The summed E-state index contributed by atoms with van der Waals surface area (Å²) in [5.41, 5.74) is 3.41. The number of hydrogen-bond donors (Lipinski definition) is 1. The Morgan fingerprint density at radius 3 is 2.75 bits per heavy atom. The molecule has 0 radical (unpaired) electrons. The number of nitro groups is 1. The van der Waals surface area contributed by atoms with Crippen LogP contribution in [-0.2, 0) is 0 Å². The number of fused-ring (bicyclic) bond motifs is 2. The number of anilines is 2. The second kappa shape index (κ2) is 6.02. The molecule has 4 aromatic rings. The molecule has 2 aromatic carbocycles. The van der Waals surface area contributed by atoms with Gasteiger partial charge in [-0.2, -0.15) is 15.2 Å². The highest BCUT2D eigenvalue weighted by molar-refractivity contribution is 5.65. The van der Waals surface area contributed by atoms with E-state index < -0.39 is 4.92 Å². The van der Waals surface area contributed by atoms with E-state index in [0.717, 1.165) is 28.3 Å². The van der Waals surface area contributed by atoms with Crippen LogP contribution >= 0.6 is 0 Å². The van der Waals surface area contributed by atoms with Gasteiger partial charge in [0.25, 0.3) is 5.69 Å². The molecule has 1 N–H and O–H groups in total. The lowest BCUT2D eigenvalue weighted by atomic mass is 9.97. The Hall–Kier alpha value is -4.01. The molecule has 5 rings (SSSR count). The van der Waals surface area contributed by atoms with Gasteiger partial charge in [-0.05, 0) is 24.6 Å². The van der Waals surface area contributed by atoms with E-state index in [2.05, 4.69) is 15.4 Å². The van der Waals surface area contributed by atoms with Crippen molar-refractivity contribution < 1.29 is 4.92 Å². The number of rotatable bonds is 3. The van der Waals surface area contributed by atoms with Crippen molar-refractivity contribution in [2.24, 2.45) is 0 Å². The van der Waals surface area contributed by atoms with Gasteiger partial charge in [0.2, 0.25) is 5.95 Å². The number of nitrogens with one attached hydrogen (secondary N) is 1. The van der Waals surface area contributed by atoms with E-state index in [-0.39, 0.29) is 11.7 Å². The summed E-state index contributed by atoms with van der Waals surface area (Å²) >= 11 is 0. The number of nitro benzene ring substituents is 1. The number of benzene rings is 2. The van der Waals surface area contributed by atoms with Gasteiger partial charge in [0.1, 0.15) is 18.2 Å². The van der Waals surface area contributed by atoms with Crippen molar-refractivity contribution in [2.75, 3.05) is 5.32 Å². The van der Waals surface area contributed by atoms with Crippen LogP contribution in [0.3, 0.4) is 0 Å². The number of para-hydroxylation sites is 1. The maximum absolute atomic E-state index is 11.3. The fourth-order valence-corrected chi connectivity index (χ4v) is 3.62. The van der Waals surface area contributed by atoms with Crippen LogP contribution in [0, 0.1) is 17.0 Å². The fourth-order valence-electron chi connectivity index (χ4n) is 3.62. The zero-order valence-electron chi connectivity index (χ0n) is 14.9. The molecule has 0 spiro atoms. The second-order valence-electron chi connectivity index (χ2n) is 6.50. The highest BCUT2D eigenvalue weighted by Crippen LogP contribution is 2.41. The molecule has 0 bridgehead atoms. The van der Waals surface area contributed by atoms with Crippen molar-refractivity contribution in [3.63, 3.8) is 0 Å². The molecule has 28 heavy (non-hydrogen) atoms. The molecule has 0 aliphatic carbocycles. The molecular weight excluding hydrogens is 358 g/mol. The SMILES string of the molecule is Cc1nn(-c2ccccc2)c2c1C(c1cccc([N+](=O)[O-])c1)n1ncnc1N2. The van der Waals surface area contributed by atoms with Gasteiger partial charge in [0.15, 0.2) is 0 Å². The summed E-state index contributed by atoms with van der Waals surface area (Å²) in [6.07, 6.45) is 1.47. The molecule has 9 nitrogen and oxygen atoms in total. The molecule has 1 atom stereocenters. The van der Waals surface area contributed by atoms with Crippen LogP contribution in [0.4, 0.5) is 17.5 Å². The number of aryl methyl sites for hydroxylation is 1. The van der Waals surface area contributed by atoms with Gasteiger partial charge in [-0.15, -0.1) is 0 Å². The molecule has 3 heterocycles. The number of non-ortho nitro benzene ring substituents is 1. The predicted molar refractivity (Wildman–Crippen MR) is 102 cm³/mol. The predicted octanol–water partition coefficient (Wildman–Crippen LogP) is 3.38. The fraction of sp³-hybridized carbons (Fsp3) is 0.105. The first-order chi connectivity index (χ1) is 13.6. The van der Waals surface area contributed by atoms with Crippen LogP contribution in [-0.4, -0.2) is 29.5 Å². The van der Waals surface area contributed by atoms with Crippen molar-refractivity contribution in [2.45, 2.75) is 13.0 Å². The Bertz CT molecular complexity index is 1200. The average Bonchev–Trinajstić information content (AvgIpc) is 3.31. The molecule has 0 saturated carbocycles. The molecule has 0 fully saturated rings. The summed E-state index contributed by atoms with van der Waals surface area (Å²) in [7, 11) is 0. The Morgan fingerprint density at radius 1 is 1.14 bits per heavy atom. The largest absolute Gasteiger partial charge is 0.309 e. The van der Waals surface area contributed by atoms with Crippen molar-refractivity contribution in [3.8, 4) is 5.69 Å². The van der Waals surface area contributed by atoms with Crippen molar-refractivity contribution in [1.29, 1.82) is 0 Å². The maximum Gasteiger partial charge on any atom is 0.269 e.